The second-order valence-corrected chi connectivity index (χ2v) is 2.95. The molecule has 0 radical (unpaired) electrons. The van der Waals surface area contributed by atoms with E-state index in [1.54, 1.807) is 0 Å². The van der Waals surface area contributed by atoms with Crippen molar-refractivity contribution < 1.29 is 9.84 Å². The Hall–Kier alpha value is -0.340. The minimum atomic E-state index is 0.316. The van der Waals surface area contributed by atoms with Gasteiger partial charge >= 0.3 is 0 Å². The van der Waals surface area contributed by atoms with Crippen molar-refractivity contribution in [2.75, 3.05) is 6.61 Å². The monoisotopic (exact) mass is 156 g/mol. The molecule has 0 bridgehead atoms. The number of rotatable bonds is 6. The first-order chi connectivity index (χ1) is 5.38. The molecule has 0 aromatic heterocycles. The van der Waals surface area contributed by atoms with E-state index >= 15 is 0 Å². The van der Waals surface area contributed by atoms with E-state index in [1.807, 2.05) is 6.08 Å². The van der Waals surface area contributed by atoms with Gasteiger partial charge in [0, 0.05) is 6.61 Å². The van der Waals surface area contributed by atoms with E-state index in [9.17, 15) is 0 Å². The molecule has 1 fully saturated rings. The lowest BCUT2D eigenvalue weighted by molar-refractivity contribution is 0.280. The Kier molecular flexibility index (Phi) is 3.60. The lowest BCUT2D eigenvalue weighted by Gasteiger charge is -1.94. The third kappa shape index (κ3) is 3.04. The van der Waals surface area contributed by atoms with Crippen LogP contribution in [0.2, 0.25) is 0 Å². The van der Waals surface area contributed by atoms with Crippen LogP contribution in [-0.2, 0) is 4.74 Å². The lowest BCUT2D eigenvalue weighted by Crippen LogP contribution is -1.91. The molecule has 0 spiro atoms. The van der Waals surface area contributed by atoms with E-state index < -0.39 is 0 Å². The van der Waals surface area contributed by atoms with Crippen LogP contribution < -0.4 is 0 Å². The van der Waals surface area contributed by atoms with Crippen LogP contribution in [0.4, 0.5) is 0 Å². The molecule has 0 unspecified atom stereocenters. The van der Waals surface area contributed by atoms with E-state index in [1.165, 1.54) is 0 Å². The van der Waals surface area contributed by atoms with Gasteiger partial charge in [0.25, 0.3) is 0 Å². The highest BCUT2D eigenvalue weighted by Gasteiger charge is 2.34. The summed E-state index contributed by atoms with van der Waals surface area (Å²) in [5.41, 5.74) is 0. The summed E-state index contributed by atoms with van der Waals surface area (Å²) >= 11 is 0. The predicted octanol–water partition coefficient (Wildman–Crippen LogP) is 1.49. The zero-order valence-corrected chi connectivity index (χ0v) is 6.83. The molecule has 0 aromatic rings. The number of aliphatic hydroxyl groups excluding tert-OH is 1. The minimum absolute atomic E-state index is 0.316. The van der Waals surface area contributed by atoms with Gasteiger partial charge in [-0.25, -0.2) is 0 Å². The molecule has 0 aromatic carbocycles. The molecule has 1 aliphatic rings. The molecule has 1 heterocycles. The SMILES string of the molecule is C=C[C@H]1O[C@H]1CCCCCO. The fourth-order valence-corrected chi connectivity index (χ4v) is 1.23. The van der Waals surface area contributed by atoms with Gasteiger partial charge in [0.15, 0.2) is 0 Å². The Bertz CT molecular complexity index is 123. The van der Waals surface area contributed by atoms with Crippen LogP contribution in [0.25, 0.3) is 0 Å². The Morgan fingerprint density at radius 3 is 2.73 bits per heavy atom. The van der Waals surface area contributed by atoms with Crippen molar-refractivity contribution in [2.45, 2.75) is 37.9 Å². The lowest BCUT2D eigenvalue weighted by atomic mass is 10.1. The highest BCUT2D eigenvalue weighted by molar-refractivity contribution is 4.97. The summed E-state index contributed by atoms with van der Waals surface area (Å²) in [6, 6.07) is 0. The van der Waals surface area contributed by atoms with E-state index in [-0.39, 0.29) is 0 Å². The average molecular weight is 156 g/mol. The second kappa shape index (κ2) is 4.52. The zero-order chi connectivity index (χ0) is 8.10. The molecule has 11 heavy (non-hydrogen) atoms. The van der Waals surface area contributed by atoms with Crippen molar-refractivity contribution >= 4 is 0 Å². The Morgan fingerprint density at radius 2 is 2.18 bits per heavy atom. The van der Waals surface area contributed by atoms with Gasteiger partial charge in [-0.3, -0.25) is 0 Å². The normalized spacial score (nSPS) is 28.5. The van der Waals surface area contributed by atoms with Gasteiger partial charge < -0.3 is 9.84 Å². The maximum Gasteiger partial charge on any atom is 0.102 e. The fourth-order valence-electron chi connectivity index (χ4n) is 1.23. The number of hydrogen-bond donors (Lipinski definition) is 1. The molecule has 0 aliphatic carbocycles. The molecule has 0 amide bonds. The first-order valence-corrected chi connectivity index (χ1v) is 4.27. The molecule has 0 saturated carbocycles. The summed E-state index contributed by atoms with van der Waals surface area (Å²) in [5.74, 6) is 0. The zero-order valence-electron chi connectivity index (χ0n) is 6.83. The smallest absolute Gasteiger partial charge is 0.102 e. The molecule has 2 atom stereocenters. The quantitative estimate of drug-likeness (QED) is 0.359. The minimum Gasteiger partial charge on any atom is -0.396 e. The van der Waals surface area contributed by atoms with Crippen LogP contribution in [-0.4, -0.2) is 23.9 Å². The highest BCUT2D eigenvalue weighted by atomic mass is 16.6. The molecule has 2 heteroatoms. The van der Waals surface area contributed by atoms with Crippen molar-refractivity contribution in [1.29, 1.82) is 0 Å². The maximum atomic E-state index is 8.50. The van der Waals surface area contributed by atoms with Crippen molar-refractivity contribution in [3.63, 3.8) is 0 Å². The number of epoxide rings is 1. The predicted molar refractivity (Wildman–Crippen MR) is 44.4 cm³/mol. The third-order valence-corrected chi connectivity index (χ3v) is 2.00. The first-order valence-electron chi connectivity index (χ1n) is 4.27. The summed E-state index contributed by atoms with van der Waals surface area (Å²) < 4.78 is 5.27. The first kappa shape index (κ1) is 8.75. The van der Waals surface area contributed by atoms with Gasteiger partial charge in [0.05, 0.1) is 6.10 Å². The number of ether oxygens (including phenoxy) is 1. The van der Waals surface area contributed by atoms with E-state index in [0.29, 0.717) is 18.8 Å². The number of unbranched alkanes of at least 4 members (excludes halogenated alkanes) is 2. The summed E-state index contributed by atoms with van der Waals surface area (Å²) in [6.45, 7) is 3.97. The molecule has 2 nitrogen and oxygen atoms in total. The highest BCUT2D eigenvalue weighted by Crippen LogP contribution is 2.27. The maximum absolute atomic E-state index is 8.50. The number of aliphatic hydroxyl groups is 1. The summed E-state index contributed by atoms with van der Waals surface area (Å²) in [7, 11) is 0. The molecular formula is C9H16O2. The van der Waals surface area contributed by atoms with Crippen molar-refractivity contribution in [1.82, 2.24) is 0 Å². The topological polar surface area (TPSA) is 32.8 Å². The summed E-state index contributed by atoms with van der Waals surface area (Å²) in [4.78, 5) is 0. The molecular weight excluding hydrogens is 140 g/mol. The molecule has 1 rings (SSSR count). The second-order valence-electron chi connectivity index (χ2n) is 2.95. The largest absolute Gasteiger partial charge is 0.396 e. The van der Waals surface area contributed by atoms with Crippen molar-refractivity contribution in [3.05, 3.63) is 12.7 Å². The van der Waals surface area contributed by atoms with Crippen LogP contribution in [0, 0.1) is 0 Å². The molecule has 1 aliphatic heterocycles. The van der Waals surface area contributed by atoms with Crippen LogP contribution in [0.1, 0.15) is 25.7 Å². The van der Waals surface area contributed by atoms with E-state index in [0.717, 1.165) is 25.7 Å². The van der Waals surface area contributed by atoms with Crippen molar-refractivity contribution in [2.24, 2.45) is 0 Å². The Morgan fingerprint density at radius 1 is 1.36 bits per heavy atom. The van der Waals surface area contributed by atoms with Gasteiger partial charge in [-0.05, 0) is 12.8 Å². The number of hydrogen-bond acceptors (Lipinski definition) is 2. The standard InChI is InChI=1S/C9H16O2/c1-2-8-9(11-8)6-4-3-5-7-10/h2,8-10H,1,3-7H2/t8-,9+/m1/s1. The Balaban J connectivity index is 1.85. The van der Waals surface area contributed by atoms with E-state index in [4.69, 9.17) is 9.84 Å². The van der Waals surface area contributed by atoms with Crippen molar-refractivity contribution in [3.8, 4) is 0 Å². The van der Waals surface area contributed by atoms with Crippen LogP contribution in [0.3, 0.4) is 0 Å². The third-order valence-electron chi connectivity index (χ3n) is 2.00. The molecule has 1 N–H and O–H groups in total. The molecule has 1 saturated heterocycles. The molecule has 64 valence electrons. The Labute approximate surface area is 67.9 Å². The van der Waals surface area contributed by atoms with Crippen LogP contribution >= 0.6 is 0 Å². The van der Waals surface area contributed by atoms with Gasteiger partial charge in [-0.2, -0.15) is 0 Å². The average Bonchev–Trinajstić information content (AvgIpc) is 2.77. The van der Waals surface area contributed by atoms with Gasteiger partial charge in [-0.1, -0.05) is 18.9 Å². The van der Waals surface area contributed by atoms with Gasteiger partial charge in [-0.15, -0.1) is 6.58 Å². The summed E-state index contributed by atoms with van der Waals surface area (Å²) in [6.07, 6.45) is 6.93. The van der Waals surface area contributed by atoms with Crippen LogP contribution in [0.15, 0.2) is 12.7 Å². The van der Waals surface area contributed by atoms with Gasteiger partial charge in [0.1, 0.15) is 6.10 Å². The summed E-state index contributed by atoms with van der Waals surface area (Å²) in [5, 5.41) is 8.50. The van der Waals surface area contributed by atoms with Crippen LogP contribution in [0.5, 0.6) is 0 Å². The van der Waals surface area contributed by atoms with E-state index in [2.05, 4.69) is 6.58 Å². The van der Waals surface area contributed by atoms with Gasteiger partial charge in [0.2, 0.25) is 0 Å². The fraction of sp³-hybridized carbons (Fsp3) is 0.778.